The number of benzene rings is 1. The fraction of sp³-hybridized carbons (Fsp3) is 0.462. The molecule has 0 fully saturated rings. The van der Waals surface area contributed by atoms with Crippen molar-refractivity contribution in [2.75, 3.05) is 11.4 Å². The van der Waals surface area contributed by atoms with Crippen LogP contribution in [0.15, 0.2) is 24.3 Å². The smallest absolute Gasteiger partial charge is 0.326 e. The molecule has 0 spiro atoms. The normalized spacial score (nSPS) is 12.2. The highest BCUT2D eigenvalue weighted by molar-refractivity contribution is 6.30. The van der Waals surface area contributed by atoms with Crippen LogP contribution in [0.3, 0.4) is 0 Å². The van der Waals surface area contributed by atoms with Gasteiger partial charge in [0.2, 0.25) is 0 Å². The number of carboxylic acid groups (broad SMARTS) is 1. The molecule has 0 amide bonds. The molecule has 1 rings (SSSR count). The quantitative estimate of drug-likeness (QED) is 0.847. The Morgan fingerprint density at radius 3 is 2.35 bits per heavy atom. The summed E-state index contributed by atoms with van der Waals surface area (Å²) in [4.78, 5) is 13.1. The Morgan fingerprint density at radius 2 is 1.94 bits per heavy atom. The molecule has 17 heavy (non-hydrogen) atoms. The number of hydrogen-bond acceptors (Lipinski definition) is 2. The summed E-state index contributed by atoms with van der Waals surface area (Å²) in [5.74, 6) is -0.782. The average Bonchev–Trinajstić information content (AvgIpc) is 2.29. The fourth-order valence-corrected chi connectivity index (χ4v) is 1.99. The van der Waals surface area contributed by atoms with Gasteiger partial charge in [0.1, 0.15) is 6.04 Å². The summed E-state index contributed by atoms with van der Waals surface area (Å²) >= 11 is 5.83. The van der Waals surface area contributed by atoms with E-state index in [1.54, 1.807) is 12.1 Å². The van der Waals surface area contributed by atoms with E-state index in [4.69, 9.17) is 11.6 Å². The standard InChI is InChI=1S/C13H18ClNO2/c1-3-9-15(12(4-2)13(16)17)11-7-5-10(14)6-8-11/h5-8,12H,3-4,9H2,1-2H3,(H,16,17)/t12-/m1/s1. The van der Waals surface area contributed by atoms with E-state index in [1.165, 1.54) is 0 Å². The van der Waals surface area contributed by atoms with E-state index >= 15 is 0 Å². The first-order valence-corrected chi connectivity index (χ1v) is 6.23. The van der Waals surface area contributed by atoms with Crippen LogP contribution in [-0.2, 0) is 4.79 Å². The van der Waals surface area contributed by atoms with Gasteiger partial charge in [-0.1, -0.05) is 25.4 Å². The number of halogens is 1. The van der Waals surface area contributed by atoms with Crippen molar-refractivity contribution < 1.29 is 9.90 Å². The van der Waals surface area contributed by atoms with Crippen LogP contribution in [0.1, 0.15) is 26.7 Å². The van der Waals surface area contributed by atoms with Gasteiger partial charge in [0.15, 0.2) is 0 Å². The van der Waals surface area contributed by atoms with Crippen molar-refractivity contribution in [2.45, 2.75) is 32.7 Å². The minimum atomic E-state index is -0.782. The van der Waals surface area contributed by atoms with Crippen LogP contribution in [0.5, 0.6) is 0 Å². The topological polar surface area (TPSA) is 40.5 Å². The summed E-state index contributed by atoms with van der Waals surface area (Å²) in [5.41, 5.74) is 0.908. The van der Waals surface area contributed by atoms with E-state index in [2.05, 4.69) is 0 Å². The second-order valence-electron chi connectivity index (χ2n) is 3.93. The molecule has 0 saturated carbocycles. The number of aliphatic carboxylic acids is 1. The summed E-state index contributed by atoms with van der Waals surface area (Å²) in [7, 11) is 0. The predicted octanol–water partition coefficient (Wildman–Crippen LogP) is 3.42. The highest BCUT2D eigenvalue weighted by Crippen LogP contribution is 2.21. The van der Waals surface area contributed by atoms with Crippen molar-refractivity contribution in [2.24, 2.45) is 0 Å². The van der Waals surface area contributed by atoms with Crippen molar-refractivity contribution in [1.82, 2.24) is 0 Å². The van der Waals surface area contributed by atoms with Crippen molar-refractivity contribution in [3.8, 4) is 0 Å². The summed E-state index contributed by atoms with van der Waals surface area (Å²) < 4.78 is 0. The van der Waals surface area contributed by atoms with Crippen LogP contribution in [0.25, 0.3) is 0 Å². The lowest BCUT2D eigenvalue weighted by molar-refractivity contribution is -0.138. The Kier molecular flexibility index (Phi) is 5.29. The minimum Gasteiger partial charge on any atom is -0.480 e. The van der Waals surface area contributed by atoms with Crippen LogP contribution in [0.4, 0.5) is 5.69 Å². The third kappa shape index (κ3) is 3.63. The van der Waals surface area contributed by atoms with Crippen molar-refractivity contribution >= 4 is 23.3 Å². The maximum Gasteiger partial charge on any atom is 0.326 e. The Balaban J connectivity index is 2.98. The molecule has 0 aliphatic carbocycles. The maximum atomic E-state index is 11.2. The molecular weight excluding hydrogens is 238 g/mol. The Labute approximate surface area is 107 Å². The van der Waals surface area contributed by atoms with Crippen molar-refractivity contribution in [3.05, 3.63) is 29.3 Å². The highest BCUT2D eigenvalue weighted by atomic mass is 35.5. The molecule has 94 valence electrons. The molecule has 1 N–H and O–H groups in total. The molecule has 1 aromatic carbocycles. The summed E-state index contributed by atoms with van der Waals surface area (Å²) in [6.45, 7) is 4.65. The predicted molar refractivity (Wildman–Crippen MR) is 70.8 cm³/mol. The van der Waals surface area contributed by atoms with Crippen LogP contribution in [0, 0.1) is 0 Å². The zero-order valence-corrected chi connectivity index (χ0v) is 10.9. The zero-order valence-electron chi connectivity index (χ0n) is 10.2. The molecule has 1 atom stereocenters. The van der Waals surface area contributed by atoms with Gasteiger partial charge in [0, 0.05) is 17.3 Å². The molecule has 0 bridgehead atoms. The van der Waals surface area contributed by atoms with Gasteiger partial charge in [-0.3, -0.25) is 0 Å². The number of carbonyl (C=O) groups is 1. The molecule has 4 heteroatoms. The van der Waals surface area contributed by atoms with Gasteiger partial charge in [-0.15, -0.1) is 0 Å². The Hall–Kier alpha value is -1.22. The zero-order chi connectivity index (χ0) is 12.8. The largest absolute Gasteiger partial charge is 0.480 e. The maximum absolute atomic E-state index is 11.2. The van der Waals surface area contributed by atoms with Gasteiger partial charge in [0.25, 0.3) is 0 Å². The van der Waals surface area contributed by atoms with Gasteiger partial charge in [-0.25, -0.2) is 4.79 Å². The number of hydrogen-bond donors (Lipinski definition) is 1. The lowest BCUT2D eigenvalue weighted by atomic mass is 10.1. The van der Waals surface area contributed by atoms with Gasteiger partial charge in [0.05, 0.1) is 0 Å². The van der Waals surface area contributed by atoms with E-state index in [9.17, 15) is 9.90 Å². The first-order valence-electron chi connectivity index (χ1n) is 5.85. The second-order valence-corrected chi connectivity index (χ2v) is 4.37. The third-order valence-electron chi connectivity index (χ3n) is 2.67. The van der Waals surface area contributed by atoms with E-state index in [0.717, 1.165) is 18.7 Å². The van der Waals surface area contributed by atoms with Crippen molar-refractivity contribution in [3.63, 3.8) is 0 Å². The summed E-state index contributed by atoms with van der Waals surface area (Å²) in [6.07, 6.45) is 1.49. The van der Waals surface area contributed by atoms with Crippen LogP contribution in [0.2, 0.25) is 5.02 Å². The van der Waals surface area contributed by atoms with E-state index < -0.39 is 12.0 Å². The lowest BCUT2D eigenvalue weighted by Crippen LogP contribution is -2.41. The lowest BCUT2D eigenvalue weighted by Gasteiger charge is -2.30. The monoisotopic (exact) mass is 255 g/mol. The minimum absolute atomic E-state index is 0.476. The van der Waals surface area contributed by atoms with Gasteiger partial charge in [-0.05, 0) is 37.1 Å². The second kappa shape index (κ2) is 6.50. The fourth-order valence-electron chi connectivity index (χ4n) is 1.87. The molecule has 1 aromatic rings. The van der Waals surface area contributed by atoms with Crippen LogP contribution in [-0.4, -0.2) is 23.7 Å². The van der Waals surface area contributed by atoms with Gasteiger partial charge >= 0.3 is 5.97 Å². The first kappa shape index (κ1) is 13.8. The average molecular weight is 256 g/mol. The Bertz CT molecular complexity index is 364. The van der Waals surface area contributed by atoms with E-state index in [1.807, 2.05) is 30.9 Å². The molecule has 0 saturated heterocycles. The molecule has 0 aliphatic rings. The number of anilines is 1. The molecule has 0 heterocycles. The SMILES string of the molecule is CCCN(c1ccc(Cl)cc1)[C@H](CC)C(=O)O. The van der Waals surface area contributed by atoms with Crippen molar-refractivity contribution in [1.29, 1.82) is 0 Å². The molecule has 0 unspecified atom stereocenters. The number of carboxylic acids is 1. The van der Waals surface area contributed by atoms with Gasteiger partial charge in [-0.2, -0.15) is 0 Å². The Morgan fingerprint density at radius 1 is 1.35 bits per heavy atom. The number of rotatable bonds is 6. The molecule has 0 aromatic heterocycles. The van der Waals surface area contributed by atoms with Crippen LogP contribution >= 0.6 is 11.6 Å². The third-order valence-corrected chi connectivity index (χ3v) is 2.92. The van der Waals surface area contributed by atoms with Crippen LogP contribution < -0.4 is 4.90 Å². The van der Waals surface area contributed by atoms with E-state index in [-0.39, 0.29) is 0 Å². The summed E-state index contributed by atoms with van der Waals surface area (Å²) in [5, 5.41) is 9.88. The van der Waals surface area contributed by atoms with Gasteiger partial charge < -0.3 is 10.0 Å². The highest BCUT2D eigenvalue weighted by Gasteiger charge is 2.23. The molecule has 0 radical (unpaired) electrons. The molecular formula is C13H18ClNO2. The van der Waals surface area contributed by atoms with E-state index in [0.29, 0.717) is 11.4 Å². The summed E-state index contributed by atoms with van der Waals surface area (Å²) in [6, 6.07) is 6.83. The molecule has 0 aliphatic heterocycles. The number of nitrogens with zero attached hydrogens (tertiary/aromatic N) is 1. The molecule has 3 nitrogen and oxygen atoms in total. The first-order chi connectivity index (χ1) is 8.10.